The Kier molecular flexibility index (Phi) is 3.88. The molecule has 2 N–H and O–H groups in total. The van der Waals surface area contributed by atoms with Gasteiger partial charge in [-0.25, -0.2) is 0 Å². The highest BCUT2D eigenvalue weighted by Gasteiger charge is 2.17. The van der Waals surface area contributed by atoms with Crippen molar-refractivity contribution in [3.63, 3.8) is 0 Å². The van der Waals surface area contributed by atoms with Crippen LogP contribution < -0.4 is 5.73 Å². The third-order valence-electron chi connectivity index (χ3n) is 1.44. The van der Waals surface area contributed by atoms with E-state index >= 15 is 0 Å². The molecule has 0 aromatic rings. The van der Waals surface area contributed by atoms with Crippen LogP contribution in [0.1, 0.15) is 20.3 Å². The van der Waals surface area contributed by atoms with Gasteiger partial charge in [-0.1, -0.05) is 0 Å². The molecule has 0 saturated heterocycles. The Labute approximate surface area is 60.6 Å². The minimum Gasteiger partial charge on any atom is -0.330 e. The van der Waals surface area contributed by atoms with Gasteiger partial charge < -0.3 is 5.73 Å². The summed E-state index contributed by atoms with van der Waals surface area (Å²) in [6, 6.07) is 0. The molecular weight excluding hydrogens is 130 g/mol. The summed E-state index contributed by atoms with van der Waals surface area (Å²) in [6.45, 7) is 3.23. The summed E-state index contributed by atoms with van der Waals surface area (Å²) in [5, 5.41) is 0. The molecule has 58 valence electrons. The molecule has 0 aliphatic carbocycles. The molecule has 0 aromatic heterocycles. The minimum atomic E-state index is -0.468. The Bertz CT molecular complexity index is 129. The number of Topliss-reactive ketones (excluding diaryl/α,β-unsaturated/α-hetero) is 2. The number of hydrogen-bond donors (Lipinski definition) is 1. The molecule has 0 bridgehead atoms. The molecule has 0 aromatic carbocycles. The summed E-state index contributed by atoms with van der Waals surface area (Å²) in [4.78, 5) is 21.4. The second-order valence-electron chi connectivity index (χ2n) is 2.35. The summed E-state index contributed by atoms with van der Waals surface area (Å²) >= 11 is 0. The third kappa shape index (κ3) is 2.73. The topological polar surface area (TPSA) is 60.2 Å². The molecule has 0 aliphatic rings. The predicted octanol–water partition coefficient (Wildman–Crippen LogP) is 0.129. The van der Waals surface area contributed by atoms with Crippen LogP contribution in [0.4, 0.5) is 0 Å². The molecule has 0 amide bonds. The van der Waals surface area contributed by atoms with Gasteiger partial charge in [0.25, 0.3) is 0 Å². The summed E-state index contributed by atoms with van der Waals surface area (Å²) in [5.74, 6) is -0.638. The Hall–Kier alpha value is -0.700. The van der Waals surface area contributed by atoms with Crippen molar-refractivity contribution in [2.45, 2.75) is 20.3 Å². The first-order chi connectivity index (χ1) is 4.59. The average Bonchev–Trinajstić information content (AvgIpc) is 1.81. The number of nitrogens with two attached hydrogens (primary N) is 1. The lowest BCUT2D eigenvalue weighted by Crippen LogP contribution is -2.22. The maximum absolute atomic E-state index is 10.7. The smallest absolute Gasteiger partial charge is 0.140 e. The summed E-state index contributed by atoms with van der Waals surface area (Å²) < 4.78 is 0. The number of carbonyl (C=O) groups is 2. The molecule has 0 rings (SSSR count). The van der Waals surface area contributed by atoms with Crippen molar-refractivity contribution in [3.05, 3.63) is 0 Å². The van der Waals surface area contributed by atoms with Gasteiger partial charge in [0.2, 0.25) is 0 Å². The molecule has 0 heterocycles. The highest BCUT2D eigenvalue weighted by atomic mass is 16.1. The van der Waals surface area contributed by atoms with Crippen molar-refractivity contribution in [3.8, 4) is 0 Å². The molecule has 0 aliphatic heterocycles. The van der Waals surface area contributed by atoms with Gasteiger partial charge >= 0.3 is 0 Å². The maximum atomic E-state index is 10.7. The standard InChI is InChI=1S/C7H13NO2/c1-5(9)7(3-4-8)6(2)10/h7H,3-4,8H2,1-2H3. The van der Waals surface area contributed by atoms with E-state index in [0.29, 0.717) is 13.0 Å². The number of hydrogen-bond acceptors (Lipinski definition) is 3. The van der Waals surface area contributed by atoms with Crippen LogP contribution in [0.3, 0.4) is 0 Å². The second-order valence-corrected chi connectivity index (χ2v) is 2.35. The Balaban J connectivity index is 3.98. The normalized spacial score (nSPS) is 10.0. The van der Waals surface area contributed by atoms with Crippen LogP contribution in [0.2, 0.25) is 0 Å². The first-order valence-electron chi connectivity index (χ1n) is 3.30. The van der Waals surface area contributed by atoms with Gasteiger partial charge in [-0.05, 0) is 26.8 Å². The fourth-order valence-corrected chi connectivity index (χ4v) is 0.859. The predicted molar refractivity (Wildman–Crippen MR) is 38.5 cm³/mol. The van der Waals surface area contributed by atoms with Crippen molar-refractivity contribution in [2.75, 3.05) is 6.54 Å². The van der Waals surface area contributed by atoms with Crippen molar-refractivity contribution >= 4 is 11.6 Å². The van der Waals surface area contributed by atoms with E-state index in [4.69, 9.17) is 5.73 Å². The van der Waals surface area contributed by atoms with Crippen molar-refractivity contribution < 1.29 is 9.59 Å². The molecule has 3 nitrogen and oxygen atoms in total. The Morgan fingerprint density at radius 2 is 1.70 bits per heavy atom. The molecular formula is C7H13NO2. The zero-order valence-electron chi connectivity index (χ0n) is 6.39. The second kappa shape index (κ2) is 4.17. The monoisotopic (exact) mass is 143 g/mol. The Morgan fingerprint density at radius 1 is 1.30 bits per heavy atom. The molecule has 0 radical (unpaired) electrons. The van der Waals surface area contributed by atoms with Crippen LogP contribution in [0.5, 0.6) is 0 Å². The van der Waals surface area contributed by atoms with Crippen LogP contribution in [0.15, 0.2) is 0 Å². The van der Waals surface area contributed by atoms with Crippen LogP contribution in [-0.2, 0) is 9.59 Å². The lowest BCUT2D eigenvalue weighted by molar-refractivity contribution is -0.130. The zero-order valence-corrected chi connectivity index (χ0v) is 6.39. The van der Waals surface area contributed by atoms with Crippen molar-refractivity contribution in [2.24, 2.45) is 11.7 Å². The highest BCUT2D eigenvalue weighted by molar-refractivity contribution is 6.00. The van der Waals surface area contributed by atoms with E-state index in [-0.39, 0.29) is 11.6 Å². The van der Waals surface area contributed by atoms with Crippen LogP contribution in [-0.4, -0.2) is 18.1 Å². The van der Waals surface area contributed by atoms with Gasteiger partial charge in [0, 0.05) is 0 Å². The van der Waals surface area contributed by atoms with Crippen LogP contribution in [0.25, 0.3) is 0 Å². The molecule has 0 atom stereocenters. The van der Waals surface area contributed by atoms with Gasteiger partial charge in [-0.15, -0.1) is 0 Å². The summed E-state index contributed by atoms with van der Waals surface area (Å²) in [7, 11) is 0. The maximum Gasteiger partial charge on any atom is 0.140 e. The van der Waals surface area contributed by atoms with E-state index in [1.54, 1.807) is 0 Å². The van der Waals surface area contributed by atoms with E-state index in [0.717, 1.165) is 0 Å². The summed E-state index contributed by atoms with van der Waals surface area (Å²) in [5.41, 5.74) is 5.20. The molecule has 0 saturated carbocycles. The van der Waals surface area contributed by atoms with E-state index in [1.807, 2.05) is 0 Å². The fraction of sp³-hybridized carbons (Fsp3) is 0.714. The Morgan fingerprint density at radius 3 is 1.80 bits per heavy atom. The lowest BCUT2D eigenvalue weighted by Gasteiger charge is -2.06. The quantitative estimate of drug-likeness (QED) is 0.569. The average molecular weight is 143 g/mol. The third-order valence-corrected chi connectivity index (χ3v) is 1.44. The molecule has 0 fully saturated rings. The van der Waals surface area contributed by atoms with Gasteiger partial charge in [-0.2, -0.15) is 0 Å². The lowest BCUT2D eigenvalue weighted by atomic mass is 9.97. The first-order valence-corrected chi connectivity index (χ1v) is 3.30. The van der Waals surface area contributed by atoms with Gasteiger partial charge in [0.05, 0.1) is 5.92 Å². The van der Waals surface area contributed by atoms with Crippen molar-refractivity contribution in [1.29, 1.82) is 0 Å². The molecule has 0 unspecified atom stereocenters. The minimum absolute atomic E-state index is 0.0852. The highest BCUT2D eigenvalue weighted by Crippen LogP contribution is 2.03. The fourth-order valence-electron chi connectivity index (χ4n) is 0.859. The first kappa shape index (κ1) is 9.30. The number of carbonyl (C=O) groups excluding carboxylic acids is 2. The molecule has 3 heteroatoms. The van der Waals surface area contributed by atoms with Crippen molar-refractivity contribution in [1.82, 2.24) is 0 Å². The number of ketones is 2. The van der Waals surface area contributed by atoms with E-state index in [2.05, 4.69) is 0 Å². The van der Waals surface area contributed by atoms with E-state index in [9.17, 15) is 9.59 Å². The largest absolute Gasteiger partial charge is 0.330 e. The van der Waals surface area contributed by atoms with Crippen LogP contribution in [0, 0.1) is 5.92 Å². The molecule has 0 spiro atoms. The van der Waals surface area contributed by atoms with Gasteiger partial charge in [-0.3, -0.25) is 9.59 Å². The van der Waals surface area contributed by atoms with Crippen LogP contribution >= 0.6 is 0 Å². The van der Waals surface area contributed by atoms with Gasteiger partial charge in [0.15, 0.2) is 0 Å². The summed E-state index contributed by atoms with van der Waals surface area (Å²) in [6.07, 6.45) is 0.477. The van der Waals surface area contributed by atoms with E-state index < -0.39 is 5.92 Å². The van der Waals surface area contributed by atoms with E-state index in [1.165, 1.54) is 13.8 Å². The SMILES string of the molecule is CC(=O)C(CCN)C(C)=O. The van der Waals surface area contributed by atoms with Gasteiger partial charge in [0.1, 0.15) is 11.6 Å². The zero-order chi connectivity index (χ0) is 8.15. The molecule has 10 heavy (non-hydrogen) atoms. The number of rotatable bonds is 4.